The zero-order chi connectivity index (χ0) is 13.8. The number of ether oxygens (including phenoxy) is 1. The summed E-state index contributed by atoms with van der Waals surface area (Å²) in [6, 6.07) is 6.49. The monoisotopic (exact) mass is 262 g/mol. The minimum absolute atomic E-state index is 0.165. The van der Waals surface area contributed by atoms with Crippen LogP contribution in [0.1, 0.15) is 30.4 Å². The van der Waals surface area contributed by atoms with Crippen LogP contribution in [0.4, 0.5) is 0 Å². The summed E-state index contributed by atoms with van der Waals surface area (Å²) in [7, 11) is 1.67. The molecule has 0 saturated heterocycles. The van der Waals surface area contributed by atoms with Crippen LogP contribution in [-0.4, -0.2) is 30.5 Å². The number of carbonyl (C=O) groups excluding carboxylic acids is 1. The van der Waals surface area contributed by atoms with Crippen molar-refractivity contribution in [3.8, 4) is 5.75 Å². The molecule has 0 unspecified atom stereocenters. The first-order chi connectivity index (χ1) is 9.15. The van der Waals surface area contributed by atoms with Gasteiger partial charge in [0.15, 0.2) is 0 Å². The van der Waals surface area contributed by atoms with Gasteiger partial charge in [-0.2, -0.15) is 0 Å². The number of methoxy groups -OCH3 is 1. The number of carbonyl (C=O) groups is 1. The van der Waals surface area contributed by atoms with Crippen LogP contribution < -0.4 is 10.5 Å². The highest BCUT2D eigenvalue weighted by atomic mass is 16.5. The van der Waals surface area contributed by atoms with Gasteiger partial charge in [0.05, 0.1) is 7.11 Å². The molecule has 1 amide bonds. The van der Waals surface area contributed by atoms with Gasteiger partial charge in [-0.25, -0.2) is 0 Å². The van der Waals surface area contributed by atoms with Gasteiger partial charge in [0, 0.05) is 25.6 Å². The highest BCUT2D eigenvalue weighted by molar-refractivity contribution is 5.77. The van der Waals surface area contributed by atoms with E-state index < -0.39 is 0 Å². The number of aryl methyl sites for hydroxylation is 1. The fraction of sp³-hybridized carbons (Fsp3) is 0.533. The number of nitrogens with two attached hydrogens (primary N) is 1. The van der Waals surface area contributed by atoms with E-state index in [4.69, 9.17) is 10.5 Å². The molecule has 1 aromatic carbocycles. The van der Waals surface area contributed by atoms with Gasteiger partial charge in [-0.3, -0.25) is 4.79 Å². The van der Waals surface area contributed by atoms with Crippen molar-refractivity contribution < 1.29 is 9.53 Å². The van der Waals surface area contributed by atoms with Crippen LogP contribution in [0.5, 0.6) is 5.75 Å². The molecule has 4 nitrogen and oxygen atoms in total. The zero-order valence-corrected chi connectivity index (χ0v) is 11.7. The van der Waals surface area contributed by atoms with Crippen molar-refractivity contribution in [2.45, 2.75) is 38.8 Å². The van der Waals surface area contributed by atoms with E-state index >= 15 is 0 Å². The summed E-state index contributed by atoms with van der Waals surface area (Å²) in [6.45, 7) is 3.11. The van der Waals surface area contributed by atoms with E-state index in [1.54, 1.807) is 7.11 Å². The molecule has 2 N–H and O–H groups in total. The van der Waals surface area contributed by atoms with Crippen molar-refractivity contribution in [2.24, 2.45) is 5.73 Å². The average Bonchev–Trinajstić information content (AvgIpc) is 3.20. The number of hydrogen-bond acceptors (Lipinski definition) is 3. The summed E-state index contributed by atoms with van der Waals surface area (Å²) in [5.41, 5.74) is 7.73. The highest BCUT2D eigenvalue weighted by Gasteiger charge is 2.31. The van der Waals surface area contributed by atoms with Gasteiger partial charge < -0.3 is 15.4 Å². The Morgan fingerprint density at radius 1 is 1.47 bits per heavy atom. The molecule has 0 radical (unpaired) electrons. The Morgan fingerprint density at radius 2 is 2.21 bits per heavy atom. The second-order valence-corrected chi connectivity index (χ2v) is 5.10. The third-order valence-electron chi connectivity index (χ3n) is 3.48. The molecule has 2 rings (SSSR count). The Labute approximate surface area is 114 Å². The van der Waals surface area contributed by atoms with E-state index in [9.17, 15) is 4.79 Å². The molecule has 1 aliphatic rings. The van der Waals surface area contributed by atoms with Crippen LogP contribution in [0.25, 0.3) is 0 Å². The standard InChI is InChI=1S/C15H22N2O2/c1-11-9-12(3-6-14(11)19-2)10-17(13-4-5-13)15(18)7-8-16/h3,6,9,13H,4-5,7-8,10,16H2,1-2H3. The normalized spacial score (nSPS) is 14.3. The maximum Gasteiger partial charge on any atom is 0.224 e. The first-order valence-electron chi connectivity index (χ1n) is 6.78. The molecule has 1 aliphatic carbocycles. The molecule has 0 atom stereocenters. The van der Waals surface area contributed by atoms with E-state index in [0.29, 0.717) is 25.6 Å². The topological polar surface area (TPSA) is 55.6 Å². The molecule has 0 bridgehead atoms. The van der Waals surface area contributed by atoms with Gasteiger partial charge >= 0.3 is 0 Å². The third-order valence-corrected chi connectivity index (χ3v) is 3.48. The lowest BCUT2D eigenvalue weighted by atomic mass is 10.1. The molecule has 1 fully saturated rings. The molecular formula is C15H22N2O2. The molecule has 0 aliphatic heterocycles. The number of benzene rings is 1. The molecule has 104 valence electrons. The van der Waals surface area contributed by atoms with Crippen LogP contribution in [0.3, 0.4) is 0 Å². The number of nitrogens with zero attached hydrogens (tertiary/aromatic N) is 1. The van der Waals surface area contributed by atoms with Crippen LogP contribution in [0.15, 0.2) is 18.2 Å². The average molecular weight is 262 g/mol. The van der Waals surface area contributed by atoms with Crippen molar-refractivity contribution in [2.75, 3.05) is 13.7 Å². The Balaban J connectivity index is 2.08. The fourth-order valence-electron chi connectivity index (χ4n) is 2.31. The Bertz CT molecular complexity index is 455. The lowest BCUT2D eigenvalue weighted by Crippen LogP contribution is -2.33. The van der Waals surface area contributed by atoms with Gasteiger partial charge in [0.2, 0.25) is 5.91 Å². The number of rotatable bonds is 6. The van der Waals surface area contributed by atoms with Crippen LogP contribution >= 0.6 is 0 Å². The first-order valence-corrected chi connectivity index (χ1v) is 6.78. The largest absolute Gasteiger partial charge is 0.496 e. The van der Waals surface area contributed by atoms with Crippen LogP contribution in [0, 0.1) is 6.92 Å². The smallest absolute Gasteiger partial charge is 0.224 e. The van der Waals surface area contributed by atoms with Gasteiger partial charge in [-0.1, -0.05) is 12.1 Å². The molecule has 1 aromatic rings. The van der Waals surface area contributed by atoms with E-state index in [0.717, 1.165) is 29.7 Å². The quantitative estimate of drug-likeness (QED) is 0.851. The zero-order valence-electron chi connectivity index (χ0n) is 11.7. The second kappa shape index (κ2) is 6.06. The summed E-state index contributed by atoms with van der Waals surface area (Å²) < 4.78 is 5.25. The number of amides is 1. The van der Waals surface area contributed by atoms with E-state index in [1.165, 1.54) is 0 Å². The Morgan fingerprint density at radius 3 is 2.74 bits per heavy atom. The summed E-state index contributed by atoms with van der Waals surface area (Å²) in [6.07, 6.45) is 2.67. The molecule has 0 spiro atoms. The molecule has 0 heterocycles. The molecule has 1 saturated carbocycles. The lowest BCUT2D eigenvalue weighted by molar-refractivity contribution is -0.132. The third kappa shape index (κ3) is 3.47. The van der Waals surface area contributed by atoms with Crippen molar-refractivity contribution >= 4 is 5.91 Å². The Kier molecular flexibility index (Phi) is 4.43. The van der Waals surface area contributed by atoms with Crippen LogP contribution in [-0.2, 0) is 11.3 Å². The molecule has 0 aromatic heterocycles. The second-order valence-electron chi connectivity index (χ2n) is 5.10. The minimum atomic E-state index is 0.165. The van der Waals surface area contributed by atoms with Crippen molar-refractivity contribution in [3.05, 3.63) is 29.3 Å². The van der Waals surface area contributed by atoms with Crippen molar-refractivity contribution in [1.82, 2.24) is 4.90 Å². The van der Waals surface area contributed by atoms with E-state index in [1.807, 2.05) is 24.0 Å². The number of hydrogen-bond donors (Lipinski definition) is 1. The maximum atomic E-state index is 12.1. The predicted molar refractivity (Wildman–Crippen MR) is 75.0 cm³/mol. The molecule has 4 heteroatoms. The van der Waals surface area contributed by atoms with Gasteiger partial charge in [-0.05, 0) is 37.0 Å². The molecular weight excluding hydrogens is 240 g/mol. The van der Waals surface area contributed by atoms with Gasteiger partial charge in [0.1, 0.15) is 5.75 Å². The molecule has 19 heavy (non-hydrogen) atoms. The maximum absolute atomic E-state index is 12.1. The van der Waals surface area contributed by atoms with E-state index in [2.05, 4.69) is 6.07 Å². The summed E-state index contributed by atoms with van der Waals surface area (Å²) in [4.78, 5) is 14.0. The van der Waals surface area contributed by atoms with Crippen molar-refractivity contribution in [1.29, 1.82) is 0 Å². The van der Waals surface area contributed by atoms with E-state index in [-0.39, 0.29) is 5.91 Å². The van der Waals surface area contributed by atoms with Crippen molar-refractivity contribution in [3.63, 3.8) is 0 Å². The summed E-state index contributed by atoms with van der Waals surface area (Å²) in [5.74, 6) is 1.05. The summed E-state index contributed by atoms with van der Waals surface area (Å²) >= 11 is 0. The Hall–Kier alpha value is -1.55. The minimum Gasteiger partial charge on any atom is -0.496 e. The van der Waals surface area contributed by atoms with Gasteiger partial charge in [-0.15, -0.1) is 0 Å². The van der Waals surface area contributed by atoms with Gasteiger partial charge in [0.25, 0.3) is 0 Å². The summed E-state index contributed by atoms with van der Waals surface area (Å²) in [5, 5.41) is 0. The SMILES string of the molecule is COc1ccc(CN(C(=O)CCN)C2CC2)cc1C. The lowest BCUT2D eigenvalue weighted by Gasteiger charge is -2.23. The van der Waals surface area contributed by atoms with Crippen LogP contribution in [0.2, 0.25) is 0 Å². The fourth-order valence-corrected chi connectivity index (χ4v) is 2.31. The predicted octanol–water partition coefficient (Wildman–Crippen LogP) is 1.84. The highest BCUT2D eigenvalue weighted by Crippen LogP contribution is 2.29. The first kappa shape index (κ1) is 13.9.